The van der Waals surface area contributed by atoms with Crippen molar-refractivity contribution in [2.45, 2.75) is 39.9 Å². The second kappa shape index (κ2) is 6.25. The Morgan fingerprint density at radius 1 is 1.20 bits per heavy atom. The summed E-state index contributed by atoms with van der Waals surface area (Å²) < 4.78 is 1.80. The van der Waals surface area contributed by atoms with Gasteiger partial charge in [-0.05, 0) is 18.0 Å². The van der Waals surface area contributed by atoms with Gasteiger partial charge in [0.25, 0.3) is 0 Å². The monoisotopic (exact) mass is 328 g/mol. The SMILES string of the molecule is CSc1nnc(Sc2cc(NN)nc(C(C)(C)C)n2)s1. The first-order valence-corrected chi connectivity index (χ1v) is 8.69. The van der Waals surface area contributed by atoms with Crippen LogP contribution in [0.2, 0.25) is 0 Å². The molecule has 0 aromatic carbocycles. The van der Waals surface area contributed by atoms with Crippen molar-refractivity contribution in [3.8, 4) is 0 Å². The minimum Gasteiger partial charge on any atom is -0.308 e. The Hall–Kier alpha value is -0.900. The molecule has 0 unspecified atom stereocenters. The highest BCUT2D eigenvalue weighted by Gasteiger charge is 2.19. The molecule has 0 fully saturated rings. The number of rotatable bonds is 4. The zero-order valence-corrected chi connectivity index (χ0v) is 14.1. The van der Waals surface area contributed by atoms with Gasteiger partial charge in [0, 0.05) is 11.5 Å². The van der Waals surface area contributed by atoms with Crippen LogP contribution in [0.15, 0.2) is 19.8 Å². The first-order chi connectivity index (χ1) is 9.42. The Kier molecular flexibility index (Phi) is 4.84. The molecule has 0 radical (unpaired) electrons. The topological polar surface area (TPSA) is 89.6 Å². The third kappa shape index (κ3) is 3.81. The molecule has 2 aromatic rings. The van der Waals surface area contributed by atoms with Gasteiger partial charge in [0.15, 0.2) is 8.68 Å². The maximum atomic E-state index is 5.47. The number of aromatic nitrogens is 4. The molecule has 9 heteroatoms. The Morgan fingerprint density at radius 2 is 1.90 bits per heavy atom. The molecule has 3 N–H and O–H groups in total. The van der Waals surface area contributed by atoms with Crippen LogP contribution < -0.4 is 11.3 Å². The smallest absolute Gasteiger partial charge is 0.181 e. The number of hydrogen-bond acceptors (Lipinski definition) is 9. The zero-order valence-electron chi connectivity index (χ0n) is 11.7. The Bertz CT molecular complexity index is 592. The van der Waals surface area contributed by atoms with Gasteiger partial charge in [-0.1, -0.05) is 43.9 Å². The Morgan fingerprint density at radius 3 is 2.45 bits per heavy atom. The van der Waals surface area contributed by atoms with Crippen molar-refractivity contribution in [2.75, 3.05) is 11.7 Å². The molecule has 6 nitrogen and oxygen atoms in total. The molecular formula is C11H16N6S3. The molecule has 0 saturated heterocycles. The quantitative estimate of drug-likeness (QED) is 0.383. The third-order valence-electron chi connectivity index (χ3n) is 2.28. The summed E-state index contributed by atoms with van der Waals surface area (Å²) in [5.74, 6) is 6.81. The van der Waals surface area contributed by atoms with Crippen LogP contribution in [0.1, 0.15) is 26.6 Å². The number of nitrogens with two attached hydrogens (primary N) is 1. The van der Waals surface area contributed by atoms with Crippen LogP contribution in [0.3, 0.4) is 0 Å². The third-order valence-corrected chi connectivity index (χ3v) is 5.14. The first-order valence-electron chi connectivity index (χ1n) is 5.84. The van der Waals surface area contributed by atoms with Crippen LogP contribution in [-0.2, 0) is 5.41 Å². The summed E-state index contributed by atoms with van der Waals surface area (Å²) in [7, 11) is 0. The zero-order chi connectivity index (χ0) is 14.8. The standard InChI is InChI=1S/C11H16N6S3/c1-11(2,3)8-13-6(15-12)5-7(14-8)19-10-17-16-9(18-4)20-10/h5H,12H2,1-4H3,(H,13,14,15). The summed E-state index contributed by atoms with van der Waals surface area (Å²) in [6.07, 6.45) is 1.98. The van der Waals surface area contributed by atoms with E-state index in [2.05, 4.69) is 46.4 Å². The van der Waals surface area contributed by atoms with Gasteiger partial charge in [0.1, 0.15) is 16.7 Å². The molecule has 2 rings (SSSR count). The van der Waals surface area contributed by atoms with Crippen LogP contribution in [0.5, 0.6) is 0 Å². The van der Waals surface area contributed by atoms with E-state index in [1.807, 2.05) is 6.26 Å². The Labute approximate surface area is 130 Å². The summed E-state index contributed by atoms with van der Waals surface area (Å²) in [5.41, 5.74) is 2.44. The fourth-order valence-electron chi connectivity index (χ4n) is 1.30. The minimum atomic E-state index is -0.145. The lowest BCUT2D eigenvalue weighted by molar-refractivity contribution is 0.539. The average molecular weight is 328 g/mol. The number of hydrogen-bond donors (Lipinski definition) is 2. The first kappa shape index (κ1) is 15.5. The number of thioether (sulfide) groups is 1. The molecule has 0 saturated carbocycles. The van der Waals surface area contributed by atoms with Gasteiger partial charge in [0.2, 0.25) is 0 Å². The lowest BCUT2D eigenvalue weighted by Crippen LogP contribution is -2.19. The van der Waals surface area contributed by atoms with E-state index in [-0.39, 0.29) is 5.41 Å². The van der Waals surface area contributed by atoms with Crippen molar-refractivity contribution in [2.24, 2.45) is 5.84 Å². The predicted octanol–water partition coefficient (Wildman–Crippen LogP) is 2.78. The van der Waals surface area contributed by atoms with Gasteiger partial charge in [-0.3, -0.25) is 0 Å². The van der Waals surface area contributed by atoms with E-state index in [9.17, 15) is 0 Å². The summed E-state index contributed by atoms with van der Waals surface area (Å²) in [4.78, 5) is 8.96. The van der Waals surface area contributed by atoms with Crippen molar-refractivity contribution in [3.63, 3.8) is 0 Å². The summed E-state index contributed by atoms with van der Waals surface area (Å²) in [5, 5.41) is 9.01. The molecule has 0 aliphatic heterocycles. The number of hydrazine groups is 1. The number of anilines is 1. The van der Waals surface area contributed by atoms with Crippen LogP contribution in [0.25, 0.3) is 0 Å². The van der Waals surface area contributed by atoms with E-state index in [0.717, 1.165) is 19.5 Å². The molecule has 0 spiro atoms. The highest BCUT2D eigenvalue weighted by Crippen LogP contribution is 2.33. The maximum Gasteiger partial charge on any atom is 0.181 e. The molecule has 0 aliphatic carbocycles. The van der Waals surface area contributed by atoms with Crippen LogP contribution in [-0.4, -0.2) is 26.4 Å². The van der Waals surface area contributed by atoms with E-state index < -0.39 is 0 Å². The molecular weight excluding hydrogens is 312 g/mol. The van der Waals surface area contributed by atoms with E-state index >= 15 is 0 Å². The molecule has 0 aliphatic rings. The number of nitrogens with one attached hydrogen (secondary N) is 1. The second-order valence-corrected chi connectivity index (χ2v) is 8.25. The predicted molar refractivity (Wildman–Crippen MR) is 84.4 cm³/mol. The number of nitrogen functional groups attached to an aromatic ring is 1. The van der Waals surface area contributed by atoms with Crippen molar-refractivity contribution in [1.29, 1.82) is 0 Å². The Balaban J connectivity index is 2.31. The average Bonchev–Trinajstić information content (AvgIpc) is 2.85. The van der Waals surface area contributed by atoms with E-state index in [1.165, 1.54) is 11.8 Å². The summed E-state index contributed by atoms with van der Waals surface area (Å²) >= 11 is 4.60. The highest BCUT2D eigenvalue weighted by molar-refractivity contribution is 8.02. The molecule has 20 heavy (non-hydrogen) atoms. The van der Waals surface area contributed by atoms with Gasteiger partial charge in [-0.15, -0.1) is 10.2 Å². The van der Waals surface area contributed by atoms with Crippen molar-refractivity contribution >= 4 is 40.7 Å². The molecule has 2 heterocycles. The van der Waals surface area contributed by atoms with Crippen molar-refractivity contribution < 1.29 is 0 Å². The van der Waals surface area contributed by atoms with E-state index in [4.69, 9.17) is 5.84 Å². The highest BCUT2D eigenvalue weighted by atomic mass is 32.2. The van der Waals surface area contributed by atoms with E-state index in [1.54, 1.807) is 29.2 Å². The molecule has 0 amide bonds. The molecule has 0 atom stereocenters. The normalized spacial score (nSPS) is 11.7. The molecule has 2 aromatic heterocycles. The van der Waals surface area contributed by atoms with Crippen LogP contribution in [0, 0.1) is 0 Å². The van der Waals surface area contributed by atoms with Gasteiger partial charge in [0.05, 0.1) is 0 Å². The van der Waals surface area contributed by atoms with Gasteiger partial charge < -0.3 is 5.43 Å². The maximum absolute atomic E-state index is 5.47. The van der Waals surface area contributed by atoms with Crippen LogP contribution >= 0.6 is 34.9 Å². The number of nitrogens with zero attached hydrogens (tertiary/aromatic N) is 4. The fraction of sp³-hybridized carbons (Fsp3) is 0.455. The lowest BCUT2D eigenvalue weighted by Gasteiger charge is -2.17. The fourth-order valence-corrected chi connectivity index (χ4v) is 3.68. The van der Waals surface area contributed by atoms with E-state index in [0.29, 0.717) is 5.82 Å². The van der Waals surface area contributed by atoms with Gasteiger partial charge in [-0.2, -0.15) is 0 Å². The molecule has 0 bridgehead atoms. The van der Waals surface area contributed by atoms with Gasteiger partial charge >= 0.3 is 0 Å². The van der Waals surface area contributed by atoms with Gasteiger partial charge in [-0.25, -0.2) is 15.8 Å². The summed E-state index contributed by atoms with van der Waals surface area (Å²) in [6, 6.07) is 1.81. The van der Waals surface area contributed by atoms with Crippen molar-refractivity contribution in [1.82, 2.24) is 20.2 Å². The largest absolute Gasteiger partial charge is 0.308 e. The molecule has 108 valence electrons. The lowest BCUT2D eigenvalue weighted by atomic mass is 9.96. The second-order valence-electron chi connectivity index (χ2n) is 4.95. The van der Waals surface area contributed by atoms with Crippen LogP contribution in [0.4, 0.5) is 5.82 Å². The summed E-state index contributed by atoms with van der Waals surface area (Å²) in [6.45, 7) is 6.19. The minimum absolute atomic E-state index is 0.145. The van der Waals surface area contributed by atoms with Crippen molar-refractivity contribution in [3.05, 3.63) is 11.9 Å².